The lowest BCUT2D eigenvalue weighted by Gasteiger charge is -2.12. The number of carbonyl (C=O) groups is 2. The molecule has 0 bridgehead atoms. The fourth-order valence-corrected chi connectivity index (χ4v) is 1.54. The van der Waals surface area contributed by atoms with Crippen molar-refractivity contribution >= 4 is 23.3 Å². The molecule has 0 saturated carbocycles. The Hall–Kier alpha value is -3.04. The highest BCUT2D eigenvalue weighted by atomic mass is 16.6. The average Bonchev–Trinajstić information content (AvgIpc) is 2.46. The first kappa shape index (κ1) is 17.0. The van der Waals surface area contributed by atoms with Crippen LogP contribution in [0.15, 0.2) is 18.2 Å². The second-order valence-corrected chi connectivity index (χ2v) is 4.20. The van der Waals surface area contributed by atoms with E-state index in [9.17, 15) is 29.8 Å². The monoisotopic (exact) mass is 311 g/mol. The summed E-state index contributed by atoms with van der Waals surface area (Å²) < 4.78 is 4.69. The molecule has 1 atom stereocenters. The molecule has 1 N–H and O–H groups in total. The van der Waals surface area contributed by atoms with Gasteiger partial charge in [-0.05, 0) is 13.8 Å². The minimum absolute atomic E-state index is 0.126. The second-order valence-electron chi connectivity index (χ2n) is 4.20. The fraction of sp³-hybridized carbons (Fsp3) is 0.333. The molecule has 0 aromatic heterocycles. The molecule has 1 aromatic carbocycles. The summed E-state index contributed by atoms with van der Waals surface area (Å²) >= 11 is 0. The number of amides is 1. The Morgan fingerprint density at radius 1 is 1.18 bits per heavy atom. The number of rotatable bonds is 6. The largest absolute Gasteiger partial charge is 0.464 e. The normalized spacial score (nSPS) is 11.4. The molecule has 1 amide bonds. The van der Waals surface area contributed by atoms with E-state index in [4.69, 9.17) is 4.74 Å². The Morgan fingerprint density at radius 2 is 1.68 bits per heavy atom. The molecular weight excluding hydrogens is 298 g/mol. The van der Waals surface area contributed by atoms with Crippen LogP contribution in [0.25, 0.3) is 0 Å². The number of nitrogens with one attached hydrogen (secondary N) is 1. The summed E-state index contributed by atoms with van der Waals surface area (Å²) in [7, 11) is 0. The lowest BCUT2D eigenvalue weighted by Crippen LogP contribution is -2.39. The van der Waals surface area contributed by atoms with Crippen molar-refractivity contribution in [2.45, 2.75) is 19.9 Å². The summed E-state index contributed by atoms with van der Waals surface area (Å²) in [6, 6.07) is 1.53. The Kier molecular flexibility index (Phi) is 5.50. The van der Waals surface area contributed by atoms with Gasteiger partial charge in [0, 0.05) is 12.1 Å². The van der Waals surface area contributed by atoms with Gasteiger partial charge < -0.3 is 10.1 Å². The third kappa shape index (κ3) is 4.23. The van der Waals surface area contributed by atoms with Crippen LogP contribution < -0.4 is 5.32 Å². The molecule has 1 rings (SSSR count). The van der Waals surface area contributed by atoms with Gasteiger partial charge in [-0.3, -0.25) is 25.0 Å². The molecule has 1 aromatic rings. The van der Waals surface area contributed by atoms with Gasteiger partial charge in [0.1, 0.15) is 6.04 Å². The molecular formula is C12H13N3O7. The van der Waals surface area contributed by atoms with Crippen molar-refractivity contribution in [3.8, 4) is 0 Å². The van der Waals surface area contributed by atoms with E-state index in [2.05, 4.69) is 5.32 Å². The minimum atomic E-state index is -0.995. The van der Waals surface area contributed by atoms with Gasteiger partial charge in [0.2, 0.25) is 0 Å². The molecule has 0 aliphatic rings. The summed E-state index contributed by atoms with van der Waals surface area (Å²) in [5.41, 5.74) is -1.48. The molecule has 10 nitrogen and oxygen atoms in total. The number of nitro groups is 2. The second kappa shape index (κ2) is 7.11. The maximum atomic E-state index is 11.9. The van der Waals surface area contributed by atoms with Gasteiger partial charge in [-0.1, -0.05) is 0 Å². The van der Waals surface area contributed by atoms with Gasteiger partial charge in [0.15, 0.2) is 0 Å². The molecule has 0 spiro atoms. The molecule has 22 heavy (non-hydrogen) atoms. The van der Waals surface area contributed by atoms with Crippen LogP contribution in [0.5, 0.6) is 0 Å². The lowest BCUT2D eigenvalue weighted by atomic mass is 10.1. The standard InChI is InChI=1S/C12H13N3O7/c1-3-22-12(17)7(2)13-11(16)8-4-9(14(18)19)6-10(5-8)15(20)21/h4-7H,3H2,1-2H3,(H,13,16)/t7-/m0/s1. The van der Waals surface area contributed by atoms with Crippen LogP contribution in [-0.4, -0.2) is 34.4 Å². The van der Waals surface area contributed by atoms with Crippen LogP contribution in [0.2, 0.25) is 0 Å². The number of ether oxygens (including phenoxy) is 1. The topological polar surface area (TPSA) is 142 Å². The molecule has 118 valence electrons. The van der Waals surface area contributed by atoms with E-state index in [0.717, 1.165) is 18.2 Å². The Morgan fingerprint density at radius 3 is 2.09 bits per heavy atom. The van der Waals surface area contributed by atoms with Crippen LogP contribution in [0.1, 0.15) is 24.2 Å². The highest BCUT2D eigenvalue weighted by Crippen LogP contribution is 2.22. The summed E-state index contributed by atoms with van der Waals surface area (Å²) in [5, 5.41) is 23.7. The average molecular weight is 311 g/mol. The highest BCUT2D eigenvalue weighted by molar-refractivity contribution is 5.97. The van der Waals surface area contributed by atoms with E-state index in [-0.39, 0.29) is 12.2 Å². The zero-order valence-electron chi connectivity index (χ0n) is 11.8. The molecule has 0 aliphatic heterocycles. The van der Waals surface area contributed by atoms with Gasteiger partial charge >= 0.3 is 5.97 Å². The lowest BCUT2D eigenvalue weighted by molar-refractivity contribution is -0.394. The summed E-state index contributed by atoms with van der Waals surface area (Å²) in [6.45, 7) is 3.08. The van der Waals surface area contributed by atoms with Gasteiger partial charge in [-0.25, -0.2) is 4.79 Å². The molecule has 0 heterocycles. The van der Waals surface area contributed by atoms with E-state index >= 15 is 0 Å². The third-order valence-electron chi connectivity index (χ3n) is 2.57. The van der Waals surface area contributed by atoms with Gasteiger partial charge in [0.05, 0.1) is 28.1 Å². The fourth-order valence-electron chi connectivity index (χ4n) is 1.54. The maximum absolute atomic E-state index is 11.9. The Balaban J connectivity index is 3.04. The Bertz CT molecular complexity index is 597. The number of non-ortho nitro benzene ring substituents is 2. The smallest absolute Gasteiger partial charge is 0.328 e. The molecule has 0 radical (unpaired) electrons. The van der Waals surface area contributed by atoms with Crippen molar-refractivity contribution in [1.82, 2.24) is 5.32 Å². The van der Waals surface area contributed by atoms with Crippen LogP contribution in [0, 0.1) is 20.2 Å². The molecule has 0 fully saturated rings. The van der Waals surface area contributed by atoms with Crippen LogP contribution in [0.4, 0.5) is 11.4 Å². The highest BCUT2D eigenvalue weighted by Gasteiger charge is 2.22. The van der Waals surface area contributed by atoms with E-state index < -0.39 is 39.1 Å². The summed E-state index contributed by atoms with van der Waals surface area (Å²) in [4.78, 5) is 43.1. The summed E-state index contributed by atoms with van der Waals surface area (Å²) in [6.07, 6.45) is 0. The minimum Gasteiger partial charge on any atom is -0.464 e. The summed E-state index contributed by atoms with van der Waals surface area (Å²) in [5.74, 6) is -1.54. The van der Waals surface area contributed by atoms with Crippen molar-refractivity contribution in [2.24, 2.45) is 0 Å². The van der Waals surface area contributed by atoms with Crippen molar-refractivity contribution in [3.05, 3.63) is 44.0 Å². The van der Waals surface area contributed by atoms with Crippen molar-refractivity contribution in [2.75, 3.05) is 6.61 Å². The first-order chi connectivity index (χ1) is 10.3. The first-order valence-electron chi connectivity index (χ1n) is 6.17. The quantitative estimate of drug-likeness (QED) is 0.472. The number of nitrogens with zero attached hydrogens (tertiary/aromatic N) is 2. The Labute approximate surface area is 124 Å². The van der Waals surface area contributed by atoms with Crippen molar-refractivity contribution in [1.29, 1.82) is 0 Å². The van der Waals surface area contributed by atoms with E-state index in [0.29, 0.717) is 0 Å². The van der Waals surface area contributed by atoms with Crippen LogP contribution in [0.3, 0.4) is 0 Å². The van der Waals surface area contributed by atoms with E-state index in [1.165, 1.54) is 6.92 Å². The number of hydrogen-bond acceptors (Lipinski definition) is 7. The number of benzene rings is 1. The zero-order valence-corrected chi connectivity index (χ0v) is 11.8. The number of esters is 1. The van der Waals surface area contributed by atoms with Crippen molar-refractivity contribution < 1.29 is 24.2 Å². The van der Waals surface area contributed by atoms with E-state index in [1.54, 1.807) is 6.92 Å². The molecule has 10 heteroatoms. The van der Waals surface area contributed by atoms with E-state index in [1.807, 2.05) is 0 Å². The number of nitro benzene ring substituents is 2. The molecule has 0 unspecified atom stereocenters. The number of carbonyl (C=O) groups excluding carboxylic acids is 2. The van der Waals surface area contributed by atoms with Crippen LogP contribution >= 0.6 is 0 Å². The SMILES string of the molecule is CCOC(=O)[C@H](C)NC(=O)c1cc([N+](=O)[O-])cc([N+](=O)[O-])c1. The van der Waals surface area contributed by atoms with Crippen LogP contribution in [-0.2, 0) is 9.53 Å². The van der Waals surface area contributed by atoms with Gasteiger partial charge in [-0.2, -0.15) is 0 Å². The van der Waals surface area contributed by atoms with Gasteiger partial charge in [-0.15, -0.1) is 0 Å². The first-order valence-corrected chi connectivity index (χ1v) is 6.17. The zero-order chi connectivity index (χ0) is 16.9. The molecule has 0 aliphatic carbocycles. The predicted octanol–water partition coefficient (Wildman–Crippen LogP) is 1.18. The molecule has 0 saturated heterocycles. The third-order valence-corrected chi connectivity index (χ3v) is 2.57. The van der Waals surface area contributed by atoms with Gasteiger partial charge in [0.25, 0.3) is 17.3 Å². The predicted molar refractivity (Wildman–Crippen MR) is 73.3 cm³/mol. The maximum Gasteiger partial charge on any atom is 0.328 e. The van der Waals surface area contributed by atoms with Crippen molar-refractivity contribution in [3.63, 3.8) is 0 Å². The number of hydrogen-bond donors (Lipinski definition) is 1.